The number of amides is 2. The Morgan fingerprint density at radius 3 is 2.72 bits per heavy atom. The Labute approximate surface area is 186 Å². The maximum absolute atomic E-state index is 12.9. The molecule has 1 aromatic carbocycles. The number of piperidine rings is 1. The van der Waals surface area contributed by atoms with Crippen molar-refractivity contribution in [3.8, 4) is 6.07 Å². The molecule has 0 saturated carbocycles. The fourth-order valence-corrected chi connectivity index (χ4v) is 3.84. The highest BCUT2D eigenvalue weighted by Gasteiger charge is 2.21. The van der Waals surface area contributed by atoms with Crippen molar-refractivity contribution in [3.05, 3.63) is 53.2 Å². The number of rotatable bonds is 6. The number of carbonyl (C=O) groups excluding carboxylic acids is 2. The Morgan fingerprint density at radius 1 is 1.16 bits per heavy atom. The van der Waals surface area contributed by atoms with Crippen LogP contribution in [0.4, 0.5) is 5.95 Å². The molecule has 0 unspecified atom stereocenters. The summed E-state index contributed by atoms with van der Waals surface area (Å²) in [5, 5.41) is 15.0. The average Bonchev–Trinajstić information content (AvgIpc) is 3.18. The number of pyridine rings is 1. The third-order valence-corrected chi connectivity index (χ3v) is 5.54. The van der Waals surface area contributed by atoms with E-state index in [2.05, 4.69) is 20.6 Å². The zero-order chi connectivity index (χ0) is 22.5. The zero-order valence-electron chi connectivity index (χ0n) is 18.0. The molecule has 164 valence electrons. The van der Waals surface area contributed by atoms with E-state index < -0.39 is 0 Å². The van der Waals surface area contributed by atoms with Gasteiger partial charge < -0.3 is 10.2 Å². The molecule has 9 heteroatoms. The second-order valence-corrected chi connectivity index (χ2v) is 7.76. The lowest BCUT2D eigenvalue weighted by Crippen LogP contribution is -2.35. The molecule has 1 fully saturated rings. The van der Waals surface area contributed by atoms with Crippen LogP contribution < -0.4 is 10.6 Å². The van der Waals surface area contributed by atoms with Crippen LogP contribution >= 0.6 is 0 Å². The molecule has 3 heterocycles. The first-order chi connectivity index (χ1) is 15.6. The first-order valence-corrected chi connectivity index (χ1v) is 10.7. The Hall–Kier alpha value is -3.77. The molecule has 0 atom stereocenters. The van der Waals surface area contributed by atoms with Gasteiger partial charge in [0.1, 0.15) is 5.52 Å². The van der Waals surface area contributed by atoms with Gasteiger partial charge in [-0.05, 0) is 50.6 Å². The largest absolute Gasteiger partial charge is 0.339 e. The molecule has 0 bridgehead atoms. The van der Waals surface area contributed by atoms with Crippen molar-refractivity contribution < 1.29 is 9.59 Å². The number of nitrogens with zero attached hydrogens (tertiary/aromatic N) is 5. The molecule has 1 saturated heterocycles. The van der Waals surface area contributed by atoms with Crippen molar-refractivity contribution in [3.63, 3.8) is 0 Å². The number of aromatic nitrogens is 3. The lowest BCUT2D eigenvalue weighted by molar-refractivity contribution is 0.0724. The van der Waals surface area contributed by atoms with Gasteiger partial charge in [0.15, 0.2) is 5.65 Å². The summed E-state index contributed by atoms with van der Waals surface area (Å²) in [5.74, 6) is -0.0619. The van der Waals surface area contributed by atoms with Crippen molar-refractivity contribution >= 4 is 28.9 Å². The van der Waals surface area contributed by atoms with E-state index in [1.807, 2.05) is 22.6 Å². The van der Waals surface area contributed by atoms with E-state index in [0.29, 0.717) is 46.9 Å². The summed E-state index contributed by atoms with van der Waals surface area (Å²) in [6, 6.07) is 10.3. The molecule has 2 amide bonds. The third-order valence-electron chi connectivity index (χ3n) is 5.54. The lowest BCUT2D eigenvalue weighted by atomic mass is 10.1. The summed E-state index contributed by atoms with van der Waals surface area (Å²) in [7, 11) is 1.84. The van der Waals surface area contributed by atoms with E-state index in [1.54, 1.807) is 30.5 Å². The van der Waals surface area contributed by atoms with E-state index in [1.165, 1.54) is 6.07 Å². The quantitative estimate of drug-likeness (QED) is 0.619. The molecular weight excluding hydrogens is 406 g/mol. The molecule has 2 N–H and O–H groups in total. The normalized spacial score (nSPS) is 13.7. The van der Waals surface area contributed by atoms with Crippen molar-refractivity contribution in [2.24, 2.45) is 0 Å². The van der Waals surface area contributed by atoms with Crippen LogP contribution in [0.2, 0.25) is 0 Å². The number of fused-ring (bicyclic) bond motifs is 1. The molecule has 32 heavy (non-hydrogen) atoms. The van der Waals surface area contributed by atoms with Gasteiger partial charge in [0, 0.05) is 37.9 Å². The number of benzene rings is 1. The van der Waals surface area contributed by atoms with Crippen molar-refractivity contribution in [1.29, 1.82) is 5.26 Å². The third kappa shape index (κ3) is 4.45. The molecule has 0 radical (unpaired) electrons. The van der Waals surface area contributed by atoms with Gasteiger partial charge in [0.2, 0.25) is 5.95 Å². The van der Waals surface area contributed by atoms with Crippen LogP contribution in [-0.4, -0.2) is 57.9 Å². The van der Waals surface area contributed by atoms with Gasteiger partial charge in [-0.15, -0.1) is 0 Å². The summed E-state index contributed by atoms with van der Waals surface area (Å²) in [5.41, 5.74) is 2.41. The van der Waals surface area contributed by atoms with E-state index >= 15 is 0 Å². The monoisotopic (exact) mass is 431 g/mol. The van der Waals surface area contributed by atoms with Crippen LogP contribution in [-0.2, 0) is 6.54 Å². The van der Waals surface area contributed by atoms with Gasteiger partial charge in [-0.1, -0.05) is 6.07 Å². The highest BCUT2D eigenvalue weighted by molar-refractivity contribution is 6.04. The number of likely N-dealkylation sites (tertiary alicyclic amines) is 1. The smallest absolute Gasteiger partial charge is 0.258 e. The number of hydrogen-bond acceptors (Lipinski definition) is 6. The molecule has 1 aliphatic rings. The Bertz CT molecular complexity index is 1190. The Kier molecular flexibility index (Phi) is 6.42. The minimum absolute atomic E-state index is 0.0391. The Morgan fingerprint density at radius 2 is 1.97 bits per heavy atom. The van der Waals surface area contributed by atoms with Gasteiger partial charge in [-0.2, -0.15) is 5.26 Å². The fraction of sp³-hybridized carbons (Fsp3) is 0.348. The number of likely N-dealkylation sites (N-methyl/N-ethyl adjacent to an activating group) is 1. The topological polar surface area (TPSA) is 116 Å². The lowest BCUT2D eigenvalue weighted by Gasteiger charge is -2.26. The predicted molar refractivity (Wildman–Crippen MR) is 120 cm³/mol. The number of carbonyl (C=O) groups is 2. The second-order valence-electron chi connectivity index (χ2n) is 7.76. The number of anilines is 1. The predicted octanol–water partition coefficient (Wildman–Crippen LogP) is 2.40. The molecule has 3 aromatic rings. The molecule has 9 nitrogen and oxygen atoms in total. The average molecular weight is 432 g/mol. The summed E-state index contributed by atoms with van der Waals surface area (Å²) in [4.78, 5) is 36.6. The van der Waals surface area contributed by atoms with Crippen molar-refractivity contribution in [2.45, 2.75) is 25.8 Å². The van der Waals surface area contributed by atoms with Gasteiger partial charge in [-0.25, -0.2) is 9.97 Å². The number of imidazole rings is 1. The number of nitriles is 1. The first kappa shape index (κ1) is 21.5. The fourth-order valence-electron chi connectivity index (χ4n) is 3.84. The van der Waals surface area contributed by atoms with E-state index in [9.17, 15) is 9.59 Å². The standard InChI is InChI=1S/C23H25N7O2/c1-25-8-11-30-20-19(13-18(15-26-20)22(32)29-9-3-2-4-10-29)27-23(30)28-21(31)17-7-5-6-16(12-17)14-24/h5-7,12-13,15,25H,2-4,8-11H2,1H3,(H,27,28,31). The highest BCUT2D eigenvalue weighted by atomic mass is 16.2. The van der Waals surface area contributed by atoms with Crippen LogP contribution in [0.1, 0.15) is 45.5 Å². The maximum atomic E-state index is 12.9. The van der Waals surface area contributed by atoms with Crippen LogP contribution in [0.5, 0.6) is 0 Å². The SMILES string of the molecule is CNCCn1c(NC(=O)c2cccc(C#N)c2)nc2cc(C(=O)N3CCCCC3)cnc21. The Balaban J connectivity index is 1.65. The van der Waals surface area contributed by atoms with Gasteiger partial charge in [0.05, 0.1) is 17.2 Å². The number of hydrogen-bond donors (Lipinski definition) is 2. The van der Waals surface area contributed by atoms with Gasteiger partial charge >= 0.3 is 0 Å². The van der Waals surface area contributed by atoms with Crippen LogP contribution in [0.15, 0.2) is 36.5 Å². The second kappa shape index (κ2) is 9.58. The van der Waals surface area contributed by atoms with Gasteiger partial charge in [0.25, 0.3) is 11.8 Å². The van der Waals surface area contributed by atoms with E-state index in [-0.39, 0.29) is 11.8 Å². The summed E-state index contributed by atoms with van der Waals surface area (Å²) in [6.07, 6.45) is 4.77. The highest BCUT2D eigenvalue weighted by Crippen LogP contribution is 2.21. The minimum Gasteiger partial charge on any atom is -0.339 e. The molecular formula is C23H25N7O2. The molecule has 0 aliphatic carbocycles. The zero-order valence-corrected chi connectivity index (χ0v) is 18.0. The summed E-state index contributed by atoms with van der Waals surface area (Å²) in [6.45, 7) is 2.70. The molecule has 2 aromatic heterocycles. The maximum Gasteiger partial charge on any atom is 0.258 e. The molecule has 0 spiro atoms. The minimum atomic E-state index is -0.368. The van der Waals surface area contributed by atoms with Crippen molar-refractivity contribution in [2.75, 3.05) is 32.0 Å². The van der Waals surface area contributed by atoms with E-state index in [4.69, 9.17) is 5.26 Å². The van der Waals surface area contributed by atoms with Crippen LogP contribution in [0, 0.1) is 11.3 Å². The van der Waals surface area contributed by atoms with Crippen molar-refractivity contribution in [1.82, 2.24) is 24.8 Å². The van der Waals surface area contributed by atoms with Gasteiger partial charge in [-0.3, -0.25) is 19.5 Å². The molecule has 4 rings (SSSR count). The number of nitrogens with one attached hydrogen (secondary N) is 2. The summed E-state index contributed by atoms with van der Waals surface area (Å²) >= 11 is 0. The van der Waals surface area contributed by atoms with E-state index in [0.717, 1.165) is 32.4 Å². The summed E-state index contributed by atoms with van der Waals surface area (Å²) < 4.78 is 1.81. The molecule has 1 aliphatic heterocycles. The van der Waals surface area contributed by atoms with Crippen LogP contribution in [0.3, 0.4) is 0 Å². The first-order valence-electron chi connectivity index (χ1n) is 10.7. The van der Waals surface area contributed by atoms with Crippen LogP contribution in [0.25, 0.3) is 11.2 Å².